The number of carbonyl (C=O) groups is 1. The number of aryl methyl sites for hydroxylation is 1. The lowest BCUT2D eigenvalue weighted by molar-refractivity contribution is -0.385. The fraction of sp³-hybridized carbons (Fsp3) is 0.0625. The number of rotatable bonds is 5. The van der Waals surface area contributed by atoms with Gasteiger partial charge in [-0.2, -0.15) is 0 Å². The summed E-state index contributed by atoms with van der Waals surface area (Å²) in [5.74, 6) is -0.495. The topological polar surface area (TPSA) is 115 Å². The second-order valence-corrected chi connectivity index (χ2v) is 4.93. The van der Waals surface area contributed by atoms with E-state index in [1.54, 1.807) is 13.0 Å². The van der Waals surface area contributed by atoms with Gasteiger partial charge in [0, 0.05) is 30.3 Å². The number of nitrogens with one attached hydrogen (secondary N) is 1. The average molecular weight is 327 g/mol. The van der Waals surface area contributed by atoms with Crippen LogP contribution in [0.3, 0.4) is 0 Å². The summed E-state index contributed by atoms with van der Waals surface area (Å²) in [4.78, 5) is 32.3. The molecule has 0 fully saturated rings. The summed E-state index contributed by atoms with van der Waals surface area (Å²) in [5, 5.41) is 24.0. The maximum Gasteiger partial charge on any atom is 0.271 e. The molecule has 0 saturated heterocycles. The first-order valence-corrected chi connectivity index (χ1v) is 6.85. The molecule has 0 aliphatic carbocycles. The monoisotopic (exact) mass is 327 g/mol. The number of hydrogen-bond donors (Lipinski definition) is 1. The molecule has 2 aromatic rings. The lowest BCUT2D eigenvalue weighted by atomic mass is 10.1. The lowest BCUT2D eigenvalue weighted by Gasteiger charge is -2.05. The van der Waals surface area contributed by atoms with E-state index in [-0.39, 0.29) is 11.4 Å². The lowest BCUT2D eigenvalue weighted by Crippen LogP contribution is -2.09. The molecule has 0 radical (unpaired) electrons. The molecular weight excluding hydrogens is 314 g/mol. The molecule has 24 heavy (non-hydrogen) atoms. The van der Waals surface area contributed by atoms with E-state index in [1.165, 1.54) is 48.6 Å². The molecule has 0 unspecified atom stereocenters. The Hall–Kier alpha value is -3.55. The van der Waals surface area contributed by atoms with Crippen LogP contribution in [0.2, 0.25) is 0 Å². The third-order valence-electron chi connectivity index (χ3n) is 3.20. The zero-order valence-corrected chi connectivity index (χ0v) is 12.6. The second kappa shape index (κ2) is 7.14. The zero-order valence-electron chi connectivity index (χ0n) is 12.6. The molecular formula is C16H13N3O5. The van der Waals surface area contributed by atoms with Crippen LogP contribution in [-0.2, 0) is 4.79 Å². The molecule has 0 spiro atoms. The van der Waals surface area contributed by atoms with Gasteiger partial charge in [-0.05, 0) is 24.1 Å². The molecule has 8 nitrogen and oxygen atoms in total. The van der Waals surface area contributed by atoms with Gasteiger partial charge in [0.25, 0.3) is 11.4 Å². The highest BCUT2D eigenvalue weighted by molar-refractivity contribution is 6.02. The molecule has 122 valence electrons. The van der Waals surface area contributed by atoms with Crippen LogP contribution in [0.4, 0.5) is 17.1 Å². The van der Waals surface area contributed by atoms with Gasteiger partial charge in [0.2, 0.25) is 5.91 Å². The maximum absolute atomic E-state index is 11.9. The Morgan fingerprint density at radius 1 is 1.04 bits per heavy atom. The van der Waals surface area contributed by atoms with Crippen LogP contribution in [0.5, 0.6) is 0 Å². The Labute approximate surface area is 136 Å². The maximum atomic E-state index is 11.9. The van der Waals surface area contributed by atoms with Crippen LogP contribution >= 0.6 is 0 Å². The van der Waals surface area contributed by atoms with Gasteiger partial charge in [0.05, 0.1) is 15.5 Å². The Kier molecular flexibility index (Phi) is 5.00. The fourth-order valence-electron chi connectivity index (χ4n) is 1.95. The highest BCUT2D eigenvalue weighted by Gasteiger charge is 2.10. The summed E-state index contributed by atoms with van der Waals surface area (Å²) in [6.07, 6.45) is 2.63. The summed E-state index contributed by atoms with van der Waals surface area (Å²) in [7, 11) is 0. The highest BCUT2D eigenvalue weighted by Crippen LogP contribution is 2.22. The number of non-ortho nitro benzene ring substituents is 2. The first-order chi connectivity index (χ1) is 11.4. The normalized spacial score (nSPS) is 10.5. The summed E-state index contributed by atoms with van der Waals surface area (Å²) in [6.45, 7) is 1.71. The van der Waals surface area contributed by atoms with Gasteiger partial charge in [-0.15, -0.1) is 0 Å². The summed E-state index contributed by atoms with van der Waals surface area (Å²) in [6, 6.07) is 9.98. The van der Waals surface area contributed by atoms with Gasteiger partial charge in [0.1, 0.15) is 0 Å². The molecule has 0 saturated carbocycles. The van der Waals surface area contributed by atoms with Crippen LogP contribution in [0.15, 0.2) is 48.5 Å². The third-order valence-corrected chi connectivity index (χ3v) is 3.20. The molecule has 2 aromatic carbocycles. The number of amides is 1. The van der Waals surface area contributed by atoms with Gasteiger partial charge in [0.15, 0.2) is 0 Å². The van der Waals surface area contributed by atoms with E-state index in [1.807, 2.05) is 0 Å². The van der Waals surface area contributed by atoms with Gasteiger partial charge in [-0.25, -0.2) is 0 Å². The molecule has 1 amide bonds. The van der Waals surface area contributed by atoms with Crippen molar-refractivity contribution in [2.24, 2.45) is 0 Å². The standard InChI is InChI=1S/C16H13N3O5/c1-11-5-7-14(19(23)24)10-15(11)17-16(20)8-6-12-3-2-4-13(9-12)18(21)22/h2-10H,1H3,(H,17,20)/b8-6+. The molecule has 0 aliphatic rings. The van der Waals surface area contributed by atoms with Gasteiger partial charge >= 0.3 is 0 Å². The Morgan fingerprint density at radius 2 is 1.71 bits per heavy atom. The van der Waals surface area contributed by atoms with Crippen molar-refractivity contribution in [2.75, 3.05) is 5.32 Å². The van der Waals surface area contributed by atoms with E-state index in [0.717, 1.165) is 0 Å². The molecule has 2 rings (SSSR count). The summed E-state index contributed by atoms with van der Waals surface area (Å²) in [5.41, 5.74) is 1.30. The molecule has 0 aliphatic heterocycles. The molecule has 0 aromatic heterocycles. The van der Waals surface area contributed by atoms with E-state index < -0.39 is 15.8 Å². The SMILES string of the molecule is Cc1ccc([N+](=O)[O-])cc1NC(=O)/C=C/c1cccc([N+](=O)[O-])c1. The number of hydrogen-bond acceptors (Lipinski definition) is 5. The number of nitro groups is 2. The minimum absolute atomic E-state index is 0.0768. The number of nitro benzene ring substituents is 2. The van der Waals surface area contributed by atoms with Crippen molar-refractivity contribution < 1.29 is 14.6 Å². The van der Waals surface area contributed by atoms with E-state index in [9.17, 15) is 25.0 Å². The van der Waals surface area contributed by atoms with Crippen molar-refractivity contribution >= 4 is 29.0 Å². The van der Waals surface area contributed by atoms with Crippen LogP contribution in [0.1, 0.15) is 11.1 Å². The van der Waals surface area contributed by atoms with Crippen molar-refractivity contribution in [3.63, 3.8) is 0 Å². The predicted molar refractivity (Wildman–Crippen MR) is 88.6 cm³/mol. The van der Waals surface area contributed by atoms with E-state index in [0.29, 0.717) is 16.8 Å². The van der Waals surface area contributed by atoms with Crippen LogP contribution in [0, 0.1) is 27.2 Å². The molecule has 0 bridgehead atoms. The average Bonchev–Trinajstić information content (AvgIpc) is 2.55. The molecule has 1 N–H and O–H groups in total. The van der Waals surface area contributed by atoms with Crippen molar-refractivity contribution in [1.82, 2.24) is 0 Å². The number of carbonyl (C=O) groups excluding carboxylic acids is 1. The van der Waals surface area contributed by atoms with Crippen LogP contribution < -0.4 is 5.32 Å². The predicted octanol–water partition coefficient (Wildman–Crippen LogP) is 3.46. The largest absolute Gasteiger partial charge is 0.322 e. The Bertz CT molecular complexity index is 845. The van der Waals surface area contributed by atoms with Crippen molar-refractivity contribution in [1.29, 1.82) is 0 Å². The van der Waals surface area contributed by atoms with Crippen molar-refractivity contribution in [3.05, 3.63) is 79.9 Å². The quantitative estimate of drug-likeness (QED) is 0.513. The minimum atomic E-state index is -0.548. The Morgan fingerprint density at radius 3 is 2.38 bits per heavy atom. The van der Waals surface area contributed by atoms with Crippen LogP contribution in [0.25, 0.3) is 6.08 Å². The van der Waals surface area contributed by atoms with E-state index in [4.69, 9.17) is 0 Å². The zero-order chi connectivity index (χ0) is 17.7. The van der Waals surface area contributed by atoms with Crippen molar-refractivity contribution in [3.8, 4) is 0 Å². The highest BCUT2D eigenvalue weighted by atomic mass is 16.6. The third kappa shape index (κ3) is 4.23. The fourth-order valence-corrected chi connectivity index (χ4v) is 1.95. The van der Waals surface area contributed by atoms with Crippen molar-refractivity contribution in [2.45, 2.75) is 6.92 Å². The van der Waals surface area contributed by atoms with Gasteiger partial charge in [-0.3, -0.25) is 25.0 Å². The van der Waals surface area contributed by atoms with Gasteiger partial charge < -0.3 is 5.32 Å². The molecule has 8 heteroatoms. The van der Waals surface area contributed by atoms with E-state index in [2.05, 4.69) is 5.32 Å². The smallest absolute Gasteiger partial charge is 0.271 e. The number of nitrogens with zero attached hydrogens (tertiary/aromatic N) is 2. The number of anilines is 1. The molecule has 0 heterocycles. The number of benzene rings is 2. The summed E-state index contributed by atoms with van der Waals surface area (Å²) >= 11 is 0. The molecule has 0 atom stereocenters. The first-order valence-electron chi connectivity index (χ1n) is 6.85. The Balaban J connectivity index is 2.13. The van der Waals surface area contributed by atoms with Gasteiger partial charge in [-0.1, -0.05) is 18.2 Å². The first kappa shape index (κ1) is 16.8. The summed E-state index contributed by atoms with van der Waals surface area (Å²) < 4.78 is 0. The second-order valence-electron chi connectivity index (χ2n) is 4.93. The minimum Gasteiger partial charge on any atom is -0.322 e. The van der Waals surface area contributed by atoms with Crippen LogP contribution in [-0.4, -0.2) is 15.8 Å². The van der Waals surface area contributed by atoms with E-state index >= 15 is 0 Å².